The molecule has 0 unspecified atom stereocenters. The molecule has 0 fully saturated rings. The highest BCUT2D eigenvalue weighted by Gasteiger charge is 2.84. The molecular weight excluding hydrogens is 1850 g/mol. The second kappa shape index (κ2) is 33.9. The van der Waals surface area contributed by atoms with Gasteiger partial charge in [-0.25, -0.2) is 105 Å². The van der Waals surface area contributed by atoms with Gasteiger partial charge < -0.3 is 25.8 Å². The summed E-state index contributed by atoms with van der Waals surface area (Å²) in [5.41, 5.74) is 0. The zero-order valence-corrected chi connectivity index (χ0v) is 61.7. The van der Waals surface area contributed by atoms with Crippen molar-refractivity contribution in [1.29, 1.82) is 0 Å². The van der Waals surface area contributed by atoms with Crippen LogP contribution in [-0.2, 0) is 82.5 Å². The van der Waals surface area contributed by atoms with E-state index in [4.69, 9.17) is 0 Å². The Morgan fingerprint density at radius 2 is 0.347 bits per heavy atom. The van der Waals surface area contributed by atoms with Gasteiger partial charge in [-0.1, -0.05) is 36.4 Å². The lowest BCUT2D eigenvalue weighted by Crippen LogP contribution is -2.66. The van der Waals surface area contributed by atoms with E-state index in [1.807, 2.05) is 0 Å². The van der Waals surface area contributed by atoms with E-state index in [2.05, 4.69) is 16.7 Å². The van der Waals surface area contributed by atoms with Crippen LogP contribution in [0.2, 0.25) is 0 Å². The molecule has 0 aliphatic heterocycles. The Hall–Kier alpha value is -10.2. The van der Waals surface area contributed by atoms with Crippen molar-refractivity contribution < 1.29 is 199 Å². The van der Waals surface area contributed by atoms with Gasteiger partial charge in [-0.15, -0.1) is 0 Å². The van der Waals surface area contributed by atoms with Crippen molar-refractivity contribution in [1.82, 2.24) is 0 Å². The molecule has 0 aliphatic carbocycles. The molecule has 0 spiro atoms. The van der Waals surface area contributed by atoms with Gasteiger partial charge in [0.25, 0.3) is 0 Å². The second-order valence-electron chi connectivity index (χ2n) is 22.0. The monoisotopic (exact) mass is 1870 g/mol. The van der Waals surface area contributed by atoms with Crippen LogP contribution in [-0.4, -0.2) is 82.0 Å². The molecule has 0 bridgehead atoms. The standard InChI is InChI=1S/2C30H13F10O6S3.C4H2F8O6S2/c2*31-19-21(33)25(37)29(26(38)22(19)34)48(41,42)45-14-6-10-17(11-7-14)47(16-4-2-1-3-5-16)18-12-8-15(9-13-18)46-49(43,44)30-27(39)23(35)20(32)24(36)28(30)40;5-1(6,3(9,10)19(13,14)15)2(7,8)4(11,12)20(16,17)18/h2*1-13H;(H,13,14,15)(H,16,17,18)/q2*+1;/p-2. The predicted octanol–water partition coefficient (Wildman–Crippen LogP) is 15.9. The van der Waals surface area contributed by atoms with Gasteiger partial charge in [0, 0.05) is 0 Å². The Labute approximate surface area is 646 Å². The normalized spacial score (nSPS) is 12.7. The first kappa shape index (κ1) is 93.3. The highest BCUT2D eigenvalue weighted by atomic mass is 32.2. The van der Waals surface area contributed by atoms with Crippen LogP contribution in [0, 0.1) is 116 Å². The molecule has 0 saturated carbocycles. The van der Waals surface area contributed by atoms with Gasteiger partial charge in [-0.05, 0) is 121 Å². The van der Waals surface area contributed by atoms with Crippen molar-refractivity contribution in [2.45, 2.75) is 71.3 Å². The first-order chi connectivity index (χ1) is 54.2. The summed E-state index contributed by atoms with van der Waals surface area (Å²) in [5.74, 6) is -69.1. The van der Waals surface area contributed by atoms with Crippen molar-refractivity contribution in [3.63, 3.8) is 0 Å². The zero-order valence-electron chi connectivity index (χ0n) is 55.2. The van der Waals surface area contributed by atoms with Crippen molar-refractivity contribution >= 4 is 82.5 Å². The van der Waals surface area contributed by atoms with Crippen molar-refractivity contribution in [2.75, 3.05) is 0 Å². The summed E-state index contributed by atoms with van der Waals surface area (Å²) in [4.78, 5) is -6.03. The minimum atomic E-state index is -7.68. The molecule has 634 valence electrons. The van der Waals surface area contributed by atoms with E-state index < -0.39 is 264 Å². The lowest BCUT2D eigenvalue weighted by molar-refractivity contribution is -0.327. The van der Waals surface area contributed by atoms with E-state index in [1.54, 1.807) is 60.7 Å². The first-order valence-corrected chi connectivity index (χ1v) is 40.3. The van der Waals surface area contributed by atoms with Gasteiger partial charge >= 0.3 is 62.8 Å². The molecular formula is C64H26F28O18S8. The van der Waals surface area contributed by atoms with Crippen LogP contribution in [0.15, 0.2) is 207 Å². The minimum Gasteiger partial charge on any atom is -0.743 e. The third-order valence-electron chi connectivity index (χ3n) is 14.5. The lowest BCUT2D eigenvalue weighted by Gasteiger charge is -2.37. The van der Waals surface area contributed by atoms with Crippen molar-refractivity contribution in [3.8, 4) is 23.0 Å². The fourth-order valence-electron chi connectivity index (χ4n) is 9.02. The van der Waals surface area contributed by atoms with E-state index in [-0.39, 0.29) is 0 Å². The number of rotatable bonds is 23. The van der Waals surface area contributed by atoms with Crippen molar-refractivity contribution in [2.24, 2.45) is 0 Å². The summed E-state index contributed by atoms with van der Waals surface area (Å²) >= 11 is 0. The molecule has 0 aliphatic rings. The molecule has 10 rings (SSSR count). The SMILES string of the molecule is O=S(=O)(Oc1ccc([S+](c2ccccc2)c2ccc(OS(=O)(=O)c3c(F)c(F)c(F)c(F)c3F)cc2)cc1)c1c(F)c(F)c(F)c(F)c1F.O=S(=O)(Oc1ccc([S+](c2ccccc2)c2ccc(OS(=O)(=O)c3c(F)c(F)c(F)c(F)c3F)cc2)cc1)c1c(F)c(F)c(F)c(F)c1F.O=S(=O)([O-])C(F)(F)C(F)(F)C(F)(F)C(F)(F)S(=O)(=O)[O-]. The molecule has 118 heavy (non-hydrogen) atoms. The average Bonchev–Trinajstić information content (AvgIpc) is 0.710. The van der Waals surface area contributed by atoms with Crippen molar-refractivity contribution in [3.05, 3.63) is 274 Å². The summed E-state index contributed by atoms with van der Waals surface area (Å²) < 4.78 is 552. The molecule has 0 aromatic heterocycles. The minimum absolute atomic E-state index is 0.398. The Morgan fingerprint density at radius 1 is 0.212 bits per heavy atom. The Bertz CT molecular complexity index is 5530. The van der Waals surface area contributed by atoms with E-state index in [0.717, 1.165) is 48.5 Å². The van der Waals surface area contributed by atoms with Crippen LogP contribution < -0.4 is 16.7 Å². The number of halogens is 28. The second-order valence-corrected chi connectivity index (χ2v) is 34.8. The highest BCUT2D eigenvalue weighted by molar-refractivity contribution is 7.97. The topological polar surface area (TPSA) is 288 Å². The zero-order chi connectivity index (χ0) is 89.0. The van der Waals surface area contributed by atoms with Crippen LogP contribution in [0.3, 0.4) is 0 Å². The molecule has 0 amide bonds. The maximum absolute atomic E-state index is 14.1. The maximum Gasteiger partial charge on any atom is 0.402 e. The van der Waals surface area contributed by atoms with Crippen LogP contribution >= 0.6 is 0 Å². The summed E-state index contributed by atoms with van der Waals surface area (Å²) in [6.45, 7) is 0. The first-order valence-electron chi connectivity index (χ1n) is 29.4. The average molecular weight is 1870 g/mol. The van der Waals surface area contributed by atoms with Gasteiger partial charge in [0.2, 0.25) is 23.3 Å². The summed E-state index contributed by atoms with van der Waals surface area (Å²) in [5, 5.41) is -14.6. The molecule has 10 aromatic carbocycles. The van der Waals surface area contributed by atoms with Gasteiger partial charge in [-0.2, -0.15) is 68.8 Å². The van der Waals surface area contributed by atoms with Gasteiger partial charge in [-0.3, -0.25) is 0 Å². The van der Waals surface area contributed by atoms with E-state index >= 15 is 0 Å². The third kappa shape index (κ3) is 17.9. The molecule has 0 N–H and O–H groups in total. The number of benzene rings is 10. The quantitative estimate of drug-likeness (QED) is 0.0144. The summed E-state index contributed by atoms with van der Waals surface area (Å²) in [6, 6.07) is 35.0. The maximum atomic E-state index is 14.1. The highest BCUT2D eigenvalue weighted by Crippen LogP contribution is 2.55. The lowest BCUT2D eigenvalue weighted by atomic mass is 10.2. The molecule has 0 heterocycles. The third-order valence-corrected chi connectivity index (χ3v) is 25.8. The molecule has 10 aromatic rings. The molecule has 0 saturated heterocycles. The fourth-order valence-corrected chi connectivity index (χ4v) is 18.3. The molecule has 0 radical (unpaired) electrons. The summed E-state index contributed by atoms with van der Waals surface area (Å²) in [7, 11) is -39.8. The molecule has 0 atom stereocenters. The fraction of sp³-hybridized carbons (Fsp3) is 0.0625. The molecule has 18 nitrogen and oxygen atoms in total. The van der Waals surface area contributed by atoms with Gasteiger partial charge in [0.15, 0.2) is 162 Å². The molecule has 54 heteroatoms. The summed E-state index contributed by atoms with van der Waals surface area (Å²) in [6.07, 6.45) is 0. The Kier molecular flexibility index (Phi) is 26.8. The smallest absolute Gasteiger partial charge is 0.402 e. The number of hydrogen-bond donors (Lipinski definition) is 0. The van der Waals surface area contributed by atoms with E-state index in [1.165, 1.54) is 48.5 Å². The van der Waals surface area contributed by atoms with Crippen LogP contribution in [0.1, 0.15) is 0 Å². The number of hydrogen-bond acceptors (Lipinski definition) is 18. The van der Waals surface area contributed by atoms with Gasteiger partial charge in [0.05, 0.1) is 21.8 Å². The van der Waals surface area contributed by atoms with Crippen LogP contribution in [0.5, 0.6) is 23.0 Å². The van der Waals surface area contributed by atoms with Crippen LogP contribution in [0.4, 0.5) is 123 Å². The van der Waals surface area contributed by atoms with E-state index in [9.17, 15) is 183 Å². The van der Waals surface area contributed by atoms with E-state index in [0.29, 0.717) is 29.4 Å². The Morgan fingerprint density at radius 3 is 0.492 bits per heavy atom. The largest absolute Gasteiger partial charge is 0.743 e. The number of alkyl halides is 8. The Balaban J connectivity index is 0.000000240. The predicted molar refractivity (Wildman–Crippen MR) is 338 cm³/mol. The van der Waals surface area contributed by atoms with Crippen LogP contribution in [0.25, 0.3) is 0 Å². The van der Waals surface area contributed by atoms with Gasteiger partial charge in [0.1, 0.15) is 23.0 Å².